The standard InChI is InChI=1S/C36H59O3P/c1-6-11-16-17-18-19-28-37-40(38-35-26-24-31(20-12-7-2)29-33(35)22-14-9-4)39-36-27-25-32(21-13-8-3)30-34(36)23-15-10-5/h24-27,29-30H,6-23,28H2,1-5H3. The molecule has 2 aromatic carbocycles. The number of unbranched alkanes of at least 4 members (excludes halogenated alkanes) is 9. The summed E-state index contributed by atoms with van der Waals surface area (Å²) in [5.74, 6) is 1.86. The van der Waals surface area contributed by atoms with E-state index in [1.165, 1.54) is 92.9 Å². The number of hydrogen-bond donors (Lipinski definition) is 0. The van der Waals surface area contributed by atoms with Gasteiger partial charge in [0.25, 0.3) is 0 Å². The maximum atomic E-state index is 6.63. The van der Waals surface area contributed by atoms with Crippen molar-refractivity contribution in [3.8, 4) is 11.5 Å². The van der Waals surface area contributed by atoms with Crippen molar-refractivity contribution >= 4 is 8.60 Å². The van der Waals surface area contributed by atoms with Gasteiger partial charge in [0.2, 0.25) is 0 Å². The average Bonchev–Trinajstić information content (AvgIpc) is 2.97. The van der Waals surface area contributed by atoms with Crippen molar-refractivity contribution in [2.75, 3.05) is 6.61 Å². The molecule has 2 rings (SSSR count). The summed E-state index contributed by atoms with van der Waals surface area (Å²) < 4.78 is 19.6. The van der Waals surface area contributed by atoms with Gasteiger partial charge in [-0.2, -0.15) is 0 Å². The second-order valence-electron chi connectivity index (χ2n) is 11.3. The monoisotopic (exact) mass is 570 g/mol. The highest BCUT2D eigenvalue weighted by molar-refractivity contribution is 7.42. The highest BCUT2D eigenvalue weighted by Gasteiger charge is 2.21. The number of benzene rings is 2. The predicted molar refractivity (Wildman–Crippen MR) is 175 cm³/mol. The smallest absolute Gasteiger partial charge is 0.417 e. The van der Waals surface area contributed by atoms with Crippen molar-refractivity contribution in [1.82, 2.24) is 0 Å². The van der Waals surface area contributed by atoms with Crippen LogP contribution in [0, 0.1) is 0 Å². The molecule has 0 fully saturated rings. The first-order valence-corrected chi connectivity index (χ1v) is 17.8. The molecule has 226 valence electrons. The second-order valence-corrected chi connectivity index (χ2v) is 12.4. The molecule has 0 saturated heterocycles. The molecule has 0 N–H and O–H groups in total. The number of hydrogen-bond acceptors (Lipinski definition) is 3. The lowest BCUT2D eigenvalue weighted by Crippen LogP contribution is -2.05. The largest absolute Gasteiger partial charge is 0.463 e. The molecular weight excluding hydrogens is 511 g/mol. The van der Waals surface area contributed by atoms with Crippen LogP contribution in [0.15, 0.2) is 36.4 Å². The summed E-state index contributed by atoms with van der Waals surface area (Å²) in [6, 6.07) is 13.5. The van der Waals surface area contributed by atoms with Crippen LogP contribution in [0.25, 0.3) is 0 Å². The maximum Gasteiger partial charge on any atom is 0.463 e. The topological polar surface area (TPSA) is 27.7 Å². The molecule has 0 aliphatic rings. The fourth-order valence-corrected chi connectivity index (χ4v) is 5.99. The third-order valence-electron chi connectivity index (χ3n) is 7.53. The van der Waals surface area contributed by atoms with Gasteiger partial charge >= 0.3 is 8.60 Å². The van der Waals surface area contributed by atoms with Crippen LogP contribution in [0.2, 0.25) is 0 Å². The summed E-state index contributed by atoms with van der Waals surface area (Å²) in [5, 5.41) is 0. The Morgan fingerprint density at radius 2 is 0.900 bits per heavy atom. The zero-order valence-corrected chi connectivity index (χ0v) is 27.5. The molecule has 2 aromatic rings. The highest BCUT2D eigenvalue weighted by Crippen LogP contribution is 2.44. The highest BCUT2D eigenvalue weighted by atomic mass is 31.2. The zero-order valence-electron chi connectivity index (χ0n) is 26.6. The van der Waals surface area contributed by atoms with Crippen LogP contribution in [-0.2, 0) is 30.2 Å². The van der Waals surface area contributed by atoms with Crippen LogP contribution in [-0.4, -0.2) is 6.61 Å². The van der Waals surface area contributed by atoms with E-state index in [0.717, 1.165) is 56.4 Å². The van der Waals surface area contributed by atoms with E-state index >= 15 is 0 Å². The first kappa shape index (κ1) is 34.6. The lowest BCUT2D eigenvalue weighted by Gasteiger charge is -2.22. The van der Waals surface area contributed by atoms with Gasteiger partial charge in [0, 0.05) is 0 Å². The quantitative estimate of drug-likeness (QED) is 0.0928. The minimum Gasteiger partial charge on any atom is -0.417 e. The number of aryl methyl sites for hydroxylation is 4. The first-order chi connectivity index (χ1) is 19.6. The Bertz CT molecular complexity index is 847. The zero-order chi connectivity index (χ0) is 28.8. The molecule has 0 bridgehead atoms. The molecule has 40 heavy (non-hydrogen) atoms. The van der Waals surface area contributed by atoms with Gasteiger partial charge in [0.1, 0.15) is 11.5 Å². The van der Waals surface area contributed by atoms with E-state index in [1.807, 2.05) is 0 Å². The Labute approximate surface area is 248 Å². The fourth-order valence-electron chi connectivity index (χ4n) is 4.90. The third-order valence-corrected chi connectivity index (χ3v) is 8.61. The van der Waals surface area contributed by atoms with Crippen LogP contribution in [0.4, 0.5) is 0 Å². The van der Waals surface area contributed by atoms with Crippen LogP contribution in [0.1, 0.15) is 147 Å². The van der Waals surface area contributed by atoms with Gasteiger partial charge in [0.15, 0.2) is 0 Å². The van der Waals surface area contributed by atoms with Crippen molar-refractivity contribution in [3.05, 3.63) is 58.7 Å². The van der Waals surface area contributed by atoms with Gasteiger partial charge in [-0.05, 0) is 92.2 Å². The first-order valence-electron chi connectivity index (χ1n) is 16.7. The summed E-state index contributed by atoms with van der Waals surface area (Å²) >= 11 is 0. The lowest BCUT2D eigenvalue weighted by molar-refractivity contribution is 0.257. The summed E-state index contributed by atoms with van der Waals surface area (Å²) in [6.07, 6.45) is 21.3. The molecule has 0 unspecified atom stereocenters. The van der Waals surface area contributed by atoms with E-state index in [-0.39, 0.29) is 0 Å². The summed E-state index contributed by atoms with van der Waals surface area (Å²) in [4.78, 5) is 0. The summed E-state index contributed by atoms with van der Waals surface area (Å²) in [5.41, 5.74) is 5.39. The van der Waals surface area contributed by atoms with Crippen molar-refractivity contribution in [2.24, 2.45) is 0 Å². The van der Waals surface area contributed by atoms with E-state index in [9.17, 15) is 0 Å². The normalized spacial score (nSPS) is 11.3. The van der Waals surface area contributed by atoms with Gasteiger partial charge in [-0.15, -0.1) is 0 Å². The molecular formula is C36H59O3P. The molecule has 0 saturated carbocycles. The van der Waals surface area contributed by atoms with Gasteiger partial charge in [-0.25, -0.2) is 0 Å². The Kier molecular flexibility index (Phi) is 19.1. The Morgan fingerprint density at radius 3 is 1.38 bits per heavy atom. The Hall–Kier alpha value is -1.57. The van der Waals surface area contributed by atoms with Gasteiger partial charge in [-0.1, -0.05) is 117 Å². The fraction of sp³-hybridized carbons (Fsp3) is 0.667. The molecule has 3 nitrogen and oxygen atoms in total. The van der Waals surface area contributed by atoms with Crippen LogP contribution >= 0.6 is 8.60 Å². The van der Waals surface area contributed by atoms with Crippen molar-refractivity contribution < 1.29 is 13.6 Å². The third kappa shape index (κ3) is 13.9. The molecule has 0 aromatic heterocycles. The molecule has 0 amide bonds. The van der Waals surface area contributed by atoms with E-state index in [1.54, 1.807) is 0 Å². The molecule has 0 spiro atoms. The minimum atomic E-state index is -1.54. The van der Waals surface area contributed by atoms with E-state index in [0.29, 0.717) is 6.61 Å². The molecule has 0 atom stereocenters. The van der Waals surface area contributed by atoms with Crippen LogP contribution in [0.5, 0.6) is 11.5 Å². The summed E-state index contributed by atoms with van der Waals surface area (Å²) in [7, 11) is -1.54. The van der Waals surface area contributed by atoms with Crippen LogP contribution in [0.3, 0.4) is 0 Å². The Balaban J connectivity index is 2.24. The molecule has 0 radical (unpaired) electrons. The van der Waals surface area contributed by atoms with Gasteiger partial charge in [0.05, 0.1) is 6.61 Å². The summed E-state index contributed by atoms with van der Waals surface area (Å²) in [6.45, 7) is 12.0. The molecule has 0 heterocycles. The van der Waals surface area contributed by atoms with Gasteiger partial charge in [-0.3, -0.25) is 4.52 Å². The van der Waals surface area contributed by atoms with E-state index < -0.39 is 8.60 Å². The van der Waals surface area contributed by atoms with E-state index in [2.05, 4.69) is 71.0 Å². The molecule has 4 heteroatoms. The SMILES string of the molecule is CCCCCCCCOP(Oc1ccc(CCCC)cc1CCCC)Oc1ccc(CCCC)cc1CCCC. The van der Waals surface area contributed by atoms with Gasteiger partial charge < -0.3 is 9.05 Å². The molecule has 0 aliphatic heterocycles. The second kappa shape index (κ2) is 22.1. The van der Waals surface area contributed by atoms with Crippen LogP contribution < -0.4 is 9.05 Å². The van der Waals surface area contributed by atoms with Crippen molar-refractivity contribution in [2.45, 2.75) is 150 Å². The average molecular weight is 571 g/mol. The van der Waals surface area contributed by atoms with Crippen molar-refractivity contribution in [1.29, 1.82) is 0 Å². The maximum absolute atomic E-state index is 6.63. The van der Waals surface area contributed by atoms with E-state index in [4.69, 9.17) is 13.6 Å². The minimum absolute atomic E-state index is 0.676. The predicted octanol–water partition coefficient (Wildman–Crippen LogP) is 12.1. The Morgan fingerprint density at radius 1 is 0.475 bits per heavy atom. The lowest BCUT2D eigenvalue weighted by atomic mass is 10.0. The van der Waals surface area contributed by atoms with Crippen molar-refractivity contribution in [3.63, 3.8) is 0 Å². The number of rotatable bonds is 24. The molecule has 0 aliphatic carbocycles.